The van der Waals surface area contributed by atoms with Gasteiger partial charge in [0.15, 0.2) is 0 Å². The highest BCUT2D eigenvalue weighted by Crippen LogP contribution is 2.60. The van der Waals surface area contributed by atoms with Crippen LogP contribution in [0.1, 0.15) is 50.3 Å². The van der Waals surface area contributed by atoms with Crippen LogP contribution < -0.4 is 0 Å². The van der Waals surface area contributed by atoms with Gasteiger partial charge in [0.25, 0.3) is 0 Å². The van der Waals surface area contributed by atoms with Gasteiger partial charge < -0.3 is 14.7 Å². The molecule has 4 bridgehead atoms. The Morgan fingerprint density at radius 3 is 2.50 bits per heavy atom. The zero-order valence-electron chi connectivity index (χ0n) is 15.6. The van der Waals surface area contributed by atoms with Crippen molar-refractivity contribution in [2.24, 2.45) is 23.2 Å². The molecule has 150 valence electrons. The van der Waals surface area contributed by atoms with Crippen molar-refractivity contribution in [1.29, 1.82) is 0 Å². The van der Waals surface area contributed by atoms with Gasteiger partial charge in [-0.05, 0) is 56.3 Å². The van der Waals surface area contributed by atoms with E-state index in [-0.39, 0.29) is 30.0 Å². The molecule has 0 aromatic carbocycles. The standard InChI is InChI=1S/C20H24ClN3O4/c21-15-8-22-17(23-9-15)12-1-2-24(10-12)19(27)28-16-13-3-11-4-14(16)7-20(5-11,6-13)18(25)26/h8-9,11-14,16H,1-7,10H2,(H,25,26)/t11?,12?,13-,14?,16-,20-/m0/s1. The van der Waals surface area contributed by atoms with Crippen molar-refractivity contribution >= 4 is 23.7 Å². The number of carboxylic acids is 1. The Kier molecular flexibility index (Phi) is 4.27. The third-order valence-electron chi connectivity index (χ3n) is 7.33. The van der Waals surface area contributed by atoms with Crippen LogP contribution in [0.25, 0.3) is 0 Å². The Labute approximate surface area is 168 Å². The Morgan fingerprint density at radius 1 is 1.18 bits per heavy atom. The second-order valence-corrected chi connectivity index (χ2v) is 9.53. The maximum atomic E-state index is 12.8. The Morgan fingerprint density at radius 2 is 1.86 bits per heavy atom. The average Bonchev–Trinajstić information content (AvgIpc) is 3.15. The quantitative estimate of drug-likeness (QED) is 0.829. The summed E-state index contributed by atoms with van der Waals surface area (Å²) in [6.45, 7) is 1.17. The molecule has 6 atom stereocenters. The lowest BCUT2D eigenvalue weighted by atomic mass is 9.48. The van der Waals surface area contributed by atoms with Crippen molar-refractivity contribution in [3.63, 3.8) is 0 Å². The molecule has 5 aliphatic rings. The smallest absolute Gasteiger partial charge is 0.410 e. The third-order valence-corrected chi connectivity index (χ3v) is 7.52. The number of hydrogen-bond acceptors (Lipinski definition) is 5. The first kappa shape index (κ1) is 18.2. The number of aromatic nitrogens is 2. The lowest BCUT2D eigenvalue weighted by Crippen LogP contribution is -2.57. The van der Waals surface area contributed by atoms with E-state index in [0.29, 0.717) is 42.7 Å². The van der Waals surface area contributed by atoms with E-state index in [1.54, 1.807) is 17.3 Å². The van der Waals surface area contributed by atoms with E-state index in [1.165, 1.54) is 0 Å². The lowest BCUT2D eigenvalue weighted by molar-refractivity contribution is -0.179. The molecule has 1 N–H and O–H groups in total. The largest absolute Gasteiger partial charge is 0.481 e. The van der Waals surface area contributed by atoms with Crippen molar-refractivity contribution in [2.75, 3.05) is 13.1 Å². The van der Waals surface area contributed by atoms with Crippen LogP contribution in [0.5, 0.6) is 0 Å². The first-order valence-corrected chi connectivity index (χ1v) is 10.5. The molecular weight excluding hydrogens is 382 g/mol. The molecule has 5 fully saturated rings. The van der Waals surface area contributed by atoms with Crippen LogP contribution in [0.3, 0.4) is 0 Å². The predicted octanol–water partition coefficient (Wildman–Crippen LogP) is 3.34. The first-order chi connectivity index (χ1) is 13.4. The zero-order chi connectivity index (χ0) is 19.5. The highest BCUT2D eigenvalue weighted by Gasteiger charge is 2.60. The molecule has 7 nitrogen and oxygen atoms in total. The molecule has 6 rings (SSSR count). The van der Waals surface area contributed by atoms with Crippen molar-refractivity contribution in [3.05, 3.63) is 23.2 Å². The molecule has 28 heavy (non-hydrogen) atoms. The molecule has 1 aromatic heterocycles. The van der Waals surface area contributed by atoms with Crippen molar-refractivity contribution < 1.29 is 19.4 Å². The van der Waals surface area contributed by atoms with E-state index in [2.05, 4.69) is 9.97 Å². The number of carbonyl (C=O) groups excluding carboxylic acids is 1. The second kappa shape index (κ2) is 6.58. The van der Waals surface area contributed by atoms with Crippen LogP contribution in [0, 0.1) is 23.2 Å². The van der Waals surface area contributed by atoms with E-state index in [0.717, 1.165) is 25.7 Å². The summed E-state index contributed by atoms with van der Waals surface area (Å²) in [5, 5.41) is 10.2. The molecule has 1 saturated heterocycles. The number of hydrogen-bond donors (Lipinski definition) is 1. The molecule has 1 aliphatic heterocycles. The molecule has 2 heterocycles. The summed E-state index contributed by atoms with van der Waals surface area (Å²) >= 11 is 5.85. The van der Waals surface area contributed by atoms with Crippen LogP contribution >= 0.6 is 11.6 Å². The molecule has 4 saturated carbocycles. The maximum Gasteiger partial charge on any atom is 0.410 e. The van der Waals surface area contributed by atoms with E-state index in [9.17, 15) is 14.7 Å². The fourth-order valence-corrected chi connectivity index (χ4v) is 6.39. The minimum Gasteiger partial charge on any atom is -0.481 e. The van der Waals surface area contributed by atoms with Crippen molar-refractivity contribution in [2.45, 2.75) is 50.5 Å². The average molecular weight is 406 g/mol. The minimum atomic E-state index is -0.665. The molecule has 0 radical (unpaired) electrons. The molecule has 8 heteroatoms. The highest BCUT2D eigenvalue weighted by molar-refractivity contribution is 6.30. The van der Waals surface area contributed by atoms with Gasteiger partial charge >= 0.3 is 12.1 Å². The number of halogens is 1. The Balaban J connectivity index is 1.23. The van der Waals surface area contributed by atoms with Crippen LogP contribution in [0.2, 0.25) is 5.02 Å². The third kappa shape index (κ3) is 2.95. The summed E-state index contributed by atoms with van der Waals surface area (Å²) in [6.07, 6.45) is 7.62. The Hall–Kier alpha value is -1.89. The zero-order valence-corrected chi connectivity index (χ0v) is 16.3. The summed E-state index contributed by atoms with van der Waals surface area (Å²) < 4.78 is 5.97. The van der Waals surface area contributed by atoms with Crippen LogP contribution in [-0.4, -0.2) is 51.2 Å². The number of nitrogens with zero attached hydrogens (tertiary/aromatic N) is 3. The van der Waals surface area contributed by atoms with E-state index in [1.807, 2.05) is 0 Å². The van der Waals surface area contributed by atoms with Crippen molar-refractivity contribution in [1.82, 2.24) is 14.9 Å². The highest BCUT2D eigenvalue weighted by atomic mass is 35.5. The summed E-state index contributed by atoms with van der Waals surface area (Å²) in [6, 6.07) is 0. The van der Waals surface area contributed by atoms with Gasteiger partial charge in [-0.25, -0.2) is 14.8 Å². The topological polar surface area (TPSA) is 92.6 Å². The predicted molar refractivity (Wildman–Crippen MR) is 99.9 cm³/mol. The number of likely N-dealkylation sites (tertiary alicyclic amines) is 1. The minimum absolute atomic E-state index is 0.0959. The van der Waals surface area contributed by atoms with Crippen LogP contribution in [-0.2, 0) is 9.53 Å². The number of carboxylic acid groups (broad SMARTS) is 1. The molecule has 1 amide bonds. The summed E-state index contributed by atoms with van der Waals surface area (Å²) in [7, 11) is 0. The summed E-state index contributed by atoms with van der Waals surface area (Å²) in [4.78, 5) is 34.9. The number of amides is 1. The normalized spacial score (nSPS) is 38.6. The lowest BCUT2D eigenvalue weighted by Gasteiger charge is -2.57. The second-order valence-electron chi connectivity index (χ2n) is 9.09. The van der Waals surface area contributed by atoms with E-state index < -0.39 is 11.4 Å². The van der Waals surface area contributed by atoms with Gasteiger partial charge in [-0.3, -0.25) is 4.79 Å². The number of rotatable bonds is 3. The fraction of sp³-hybridized carbons (Fsp3) is 0.700. The Bertz CT molecular complexity index is 785. The number of carbonyl (C=O) groups is 2. The molecular formula is C20H24ClN3O4. The van der Waals surface area contributed by atoms with Gasteiger partial charge in [-0.15, -0.1) is 0 Å². The molecule has 1 aromatic rings. The van der Waals surface area contributed by atoms with E-state index in [4.69, 9.17) is 16.3 Å². The molecule has 0 spiro atoms. The monoisotopic (exact) mass is 405 g/mol. The maximum absolute atomic E-state index is 12.8. The number of ether oxygens (including phenoxy) is 1. The van der Waals surface area contributed by atoms with Gasteiger partial charge in [0.1, 0.15) is 11.9 Å². The van der Waals surface area contributed by atoms with Gasteiger partial charge in [0.05, 0.1) is 10.4 Å². The molecule has 3 unspecified atom stereocenters. The first-order valence-electron chi connectivity index (χ1n) is 10.1. The summed E-state index contributed by atoms with van der Waals surface area (Å²) in [5.74, 6) is 0.980. The molecule has 4 aliphatic carbocycles. The van der Waals surface area contributed by atoms with Gasteiger partial charge in [0, 0.05) is 31.4 Å². The van der Waals surface area contributed by atoms with Gasteiger partial charge in [-0.1, -0.05) is 11.6 Å². The van der Waals surface area contributed by atoms with Crippen molar-refractivity contribution in [3.8, 4) is 0 Å². The van der Waals surface area contributed by atoms with Crippen LogP contribution in [0.15, 0.2) is 12.4 Å². The van der Waals surface area contributed by atoms with Gasteiger partial charge in [-0.2, -0.15) is 0 Å². The van der Waals surface area contributed by atoms with Gasteiger partial charge in [0.2, 0.25) is 0 Å². The van der Waals surface area contributed by atoms with E-state index >= 15 is 0 Å². The summed E-state index contributed by atoms with van der Waals surface area (Å²) in [5.41, 5.74) is -0.579. The fourth-order valence-electron chi connectivity index (χ4n) is 6.29. The SMILES string of the molecule is O=C(O[C@@H]1C2CC3C[C@H]1C[C@@](C(=O)O)(C3)C2)N1CCC(c2ncc(Cl)cn2)C1. The van der Waals surface area contributed by atoms with Crippen LogP contribution in [0.4, 0.5) is 4.79 Å². The number of aliphatic carboxylic acids is 1.